The average molecular weight is 381 g/mol. The van der Waals surface area contributed by atoms with E-state index in [2.05, 4.69) is 16.7 Å². The van der Waals surface area contributed by atoms with Crippen LogP contribution in [-0.4, -0.2) is 29.8 Å². The maximum atomic E-state index is 13.8. The summed E-state index contributed by atoms with van der Waals surface area (Å²) in [6.07, 6.45) is 1.19. The van der Waals surface area contributed by atoms with Crippen LogP contribution >= 0.6 is 0 Å². The quantitative estimate of drug-likeness (QED) is 0.857. The van der Waals surface area contributed by atoms with E-state index in [-0.39, 0.29) is 29.6 Å². The topological polar surface area (TPSA) is 61.4 Å². The zero-order chi connectivity index (χ0) is 19.7. The molecule has 0 bridgehead atoms. The van der Waals surface area contributed by atoms with E-state index in [1.165, 1.54) is 12.1 Å². The third kappa shape index (κ3) is 3.78. The van der Waals surface area contributed by atoms with Crippen LogP contribution in [0.2, 0.25) is 0 Å². The minimum atomic E-state index is -0.291. The number of fused-ring (bicyclic) bond motifs is 2. The van der Waals surface area contributed by atoms with Gasteiger partial charge in [0.15, 0.2) is 0 Å². The zero-order valence-electron chi connectivity index (χ0n) is 15.9. The Hall–Kier alpha value is -2.73. The van der Waals surface area contributed by atoms with Crippen molar-refractivity contribution in [3.05, 3.63) is 65.0 Å². The molecule has 2 aliphatic heterocycles. The summed E-state index contributed by atoms with van der Waals surface area (Å²) in [5, 5.41) is 6.51. The second-order valence-corrected chi connectivity index (χ2v) is 7.57. The van der Waals surface area contributed by atoms with Gasteiger partial charge in [0.1, 0.15) is 5.82 Å². The number of nitrogens with zero attached hydrogens (tertiary/aromatic N) is 1. The van der Waals surface area contributed by atoms with Gasteiger partial charge in [-0.15, -0.1) is 0 Å². The minimum Gasteiger partial charge on any atom is -0.339 e. The van der Waals surface area contributed by atoms with Crippen molar-refractivity contribution in [1.82, 2.24) is 10.2 Å². The Morgan fingerprint density at radius 2 is 2.07 bits per heavy atom. The molecule has 146 valence electrons. The number of amides is 2. The highest BCUT2D eigenvalue weighted by molar-refractivity contribution is 5.94. The van der Waals surface area contributed by atoms with E-state index in [0.717, 1.165) is 28.8 Å². The average Bonchev–Trinajstić information content (AvgIpc) is 2.85. The van der Waals surface area contributed by atoms with Gasteiger partial charge in [-0.25, -0.2) is 4.39 Å². The van der Waals surface area contributed by atoms with Crippen LogP contribution in [0, 0.1) is 5.82 Å². The third-order valence-corrected chi connectivity index (χ3v) is 5.69. The highest BCUT2D eigenvalue weighted by Gasteiger charge is 2.28. The van der Waals surface area contributed by atoms with E-state index in [9.17, 15) is 14.0 Å². The lowest BCUT2D eigenvalue weighted by atomic mass is 9.89. The summed E-state index contributed by atoms with van der Waals surface area (Å²) < 4.78 is 13.8. The third-order valence-electron chi connectivity index (χ3n) is 5.69. The molecule has 5 nitrogen and oxygen atoms in total. The summed E-state index contributed by atoms with van der Waals surface area (Å²) in [4.78, 5) is 25.7. The predicted molar refractivity (Wildman–Crippen MR) is 105 cm³/mol. The molecule has 2 aromatic rings. The maximum absolute atomic E-state index is 13.8. The van der Waals surface area contributed by atoms with Crippen LogP contribution in [0.15, 0.2) is 42.5 Å². The summed E-state index contributed by atoms with van der Waals surface area (Å²) in [7, 11) is 0. The molecule has 2 aromatic carbocycles. The molecular formula is C22H24FN3O2. The Morgan fingerprint density at radius 1 is 1.25 bits per heavy atom. The van der Waals surface area contributed by atoms with Gasteiger partial charge in [-0.2, -0.15) is 0 Å². The number of halogens is 1. The van der Waals surface area contributed by atoms with Crippen LogP contribution in [0.1, 0.15) is 48.4 Å². The van der Waals surface area contributed by atoms with Crippen molar-refractivity contribution in [3.8, 4) is 0 Å². The number of benzene rings is 2. The molecule has 0 radical (unpaired) electrons. The predicted octanol–water partition coefficient (Wildman–Crippen LogP) is 3.33. The first kappa shape index (κ1) is 18.6. The van der Waals surface area contributed by atoms with Crippen LogP contribution in [-0.2, 0) is 16.1 Å². The maximum Gasteiger partial charge on any atom is 0.225 e. The van der Waals surface area contributed by atoms with Gasteiger partial charge in [-0.1, -0.05) is 24.3 Å². The number of carbonyl (C=O) groups excluding carboxylic acids is 2. The fourth-order valence-corrected chi connectivity index (χ4v) is 4.23. The van der Waals surface area contributed by atoms with E-state index in [4.69, 9.17) is 0 Å². The largest absolute Gasteiger partial charge is 0.339 e. The van der Waals surface area contributed by atoms with E-state index in [0.29, 0.717) is 26.1 Å². The number of hydrogen-bond donors (Lipinski definition) is 2. The van der Waals surface area contributed by atoms with Crippen LogP contribution in [0.3, 0.4) is 0 Å². The van der Waals surface area contributed by atoms with Crippen molar-refractivity contribution in [1.29, 1.82) is 0 Å². The number of carbonyl (C=O) groups is 2. The molecule has 0 fully saturated rings. The Balaban J connectivity index is 1.55. The molecule has 28 heavy (non-hydrogen) atoms. The number of hydrogen-bond acceptors (Lipinski definition) is 3. The van der Waals surface area contributed by atoms with Gasteiger partial charge in [0.25, 0.3) is 0 Å². The summed E-state index contributed by atoms with van der Waals surface area (Å²) >= 11 is 0. The number of anilines is 1. The Bertz CT molecular complexity index is 914. The van der Waals surface area contributed by atoms with Crippen molar-refractivity contribution in [2.45, 2.75) is 38.3 Å². The van der Waals surface area contributed by atoms with Crippen molar-refractivity contribution in [2.24, 2.45) is 0 Å². The van der Waals surface area contributed by atoms with Crippen molar-refractivity contribution in [3.63, 3.8) is 0 Å². The van der Waals surface area contributed by atoms with Gasteiger partial charge in [0, 0.05) is 50.6 Å². The standard InChI is InChI=1S/C22H24FN3O2/c1-14(27)26-9-8-20(19-7-6-17(23)10-16(19)13-26)24-12-15-11-22(28)25-21-5-3-2-4-18(15)21/h2-7,10,15,20,24H,8-9,11-13H2,1H3,(H,25,28)/t15-,20-/m1/s1. The van der Waals surface area contributed by atoms with Crippen molar-refractivity contribution < 1.29 is 14.0 Å². The first-order valence-electron chi connectivity index (χ1n) is 9.67. The molecule has 2 aliphatic rings. The summed E-state index contributed by atoms with van der Waals surface area (Å²) in [5.41, 5.74) is 3.87. The highest BCUT2D eigenvalue weighted by atomic mass is 19.1. The smallest absolute Gasteiger partial charge is 0.225 e. The van der Waals surface area contributed by atoms with E-state index in [1.54, 1.807) is 11.8 Å². The van der Waals surface area contributed by atoms with Gasteiger partial charge < -0.3 is 15.5 Å². The molecule has 0 spiro atoms. The van der Waals surface area contributed by atoms with E-state index < -0.39 is 0 Å². The SMILES string of the molecule is CC(=O)N1CC[C@@H](NC[C@H]2CC(=O)Nc3ccccc32)c2ccc(F)cc2C1. The van der Waals surface area contributed by atoms with Gasteiger partial charge in [-0.3, -0.25) is 9.59 Å². The van der Waals surface area contributed by atoms with Crippen molar-refractivity contribution >= 4 is 17.5 Å². The lowest BCUT2D eigenvalue weighted by molar-refractivity contribution is -0.129. The number of nitrogens with one attached hydrogen (secondary N) is 2. The summed E-state index contributed by atoms with van der Waals surface area (Å²) in [6, 6.07) is 12.7. The number of para-hydroxylation sites is 1. The zero-order valence-corrected chi connectivity index (χ0v) is 15.9. The summed E-state index contributed by atoms with van der Waals surface area (Å²) in [6.45, 7) is 3.23. The van der Waals surface area contributed by atoms with Crippen LogP contribution in [0.5, 0.6) is 0 Å². The van der Waals surface area contributed by atoms with E-state index in [1.807, 2.05) is 24.3 Å². The fraction of sp³-hybridized carbons (Fsp3) is 0.364. The molecule has 0 saturated carbocycles. The second-order valence-electron chi connectivity index (χ2n) is 7.57. The van der Waals surface area contributed by atoms with Crippen LogP contribution in [0.4, 0.5) is 10.1 Å². The molecule has 0 saturated heterocycles. The molecule has 0 aliphatic carbocycles. The highest BCUT2D eigenvalue weighted by Crippen LogP contribution is 2.33. The van der Waals surface area contributed by atoms with Gasteiger partial charge in [0.2, 0.25) is 11.8 Å². The lowest BCUT2D eigenvalue weighted by Crippen LogP contribution is -2.33. The second kappa shape index (κ2) is 7.72. The molecule has 4 rings (SSSR count). The fourth-order valence-electron chi connectivity index (χ4n) is 4.23. The van der Waals surface area contributed by atoms with Gasteiger partial charge >= 0.3 is 0 Å². The minimum absolute atomic E-state index is 0.00580. The molecule has 2 atom stereocenters. The first-order chi connectivity index (χ1) is 13.5. The molecule has 0 aromatic heterocycles. The molecule has 2 heterocycles. The van der Waals surface area contributed by atoms with Gasteiger partial charge in [0.05, 0.1) is 0 Å². The Labute approximate surface area is 163 Å². The summed E-state index contributed by atoms with van der Waals surface area (Å²) in [5.74, 6) is -0.188. The Kier molecular flexibility index (Phi) is 5.13. The van der Waals surface area contributed by atoms with Crippen LogP contribution in [0.25, 0.3) is 0 Å². The number of rotatable bonds is 3. The molecular weight excluding hydrogens is 357 g/mol. The van der Waals surface area contributed by atoms with Crippen LogP contribution < -0.4 is 10.6 Å². The van der Waals surface area contributed by atoms with Crippen molar-refractivity contribution in [2.75, 3.05) is 18.4 Å². The Morgan fingerprint density at radius 3 is 2.89 bits per heavy atom. The molecule has 6 heteroatoms. The first-order valence-corrected chi connectivity index (χ1v) is 9.67. The van der Waals surface area contributed by atoms with E-state index >= 15 is 0 Å². The van der Waals surface area contributed by atoms with Gasteiger partial charge in [-0.05, 0) is 41.3 Å². The normalized spacial score (nSPS) is 21.4. The lowest BCUT2D eigenvalue weighted by Gasteiger charge is -2.28. The monoisotopic (exact) mass is 381 g/mol. The molecule has 2 N–H and O–H groups in total. The molecule has 0 unspecified atom stereocenters. The molecule has 2 amide bonds.